The third-order valence-electron chi connectivity index (χ3n) is 5.76. The quantitative estimate of drug-likeness (QED) is 0.264. The van der Waals surface area contributed by atoms with Crippen molar-refractivity contribution >= 4 is 10.9 Å². The lowest BCUT2D eigenvalue weighted by molar-refractivity contribution is -0.137. The number of aromatic nitrogens is 1. The molecule has 0 amide bonds. The van der Waals surface area contributed by atoms with E-state index in [1.54, 1.807) is 12.1 Å². The SMILES string of the molecule is CCCCCCc1c(-c2ccc(C(F)(F)F)cc2)c2ccccc2n1-c1ccccc1. The van der Waals surface area contributed by atoms with Gasteiger partial charge in [-0.25, -0.2) is 0 Å². The van der Waals surface area contributed by atoms with Crippen LogP contribution in [-0.2, 0) is 12.6 Å². The zero-order valence-corrected chi connectivity index (χ0v) is 17.6. The Balaban J connectivity index is 1.91. The number of fused-ring (bicyclic) bond motifs is 1. The van der Waals surface area contributed by atoms with E-state index in [1.165, 1.54) is 18.6 Å². The van der Waals surface area contributed by atoms with Crippen LogP contribution in [-0.4, -0.2) is 4.57 Å². The van der Waals surface area contributed by atoms with E-state index >= 15 is 0 Å². The first kappa shape index (κ1) is 21.2. The molecule has 160 valence electrons. The molecule has 0 N–H and O–H groups in total. The molecule has 0 unspecified atom stereocenters. The van der Waals surface area contributed by atoms with Gasteiger partial charge in [0.2, 0.25) is 0 Å². The maximum Gasteiger partial charge on any atom is 0.416 e. The first-order valence-electron chi connectivity index (χ1n) is 10.9. The standard InChI is InChI=1S/C27H26F3N/c1-2-3-4-8-15-25-26(20-16-18-21(19-17-20)27(28,29)30)23-13-9-10-14-24(23)31(25)22-11-6-5-7-12-22/h5-7,9-14,16-19H,2-4,8,15H2,1H3. The number of benzene rings is 3. The molecule has 0 aliphatic rings. The fraction of sp³-hybridized carbons (Fsp3) is 0.259. The summed E-state index contributed by atoms with van der Waals surface area (Å²) in [5, 5.41) is 1.07. The fourth-order valence-corrected chi connectivity index (χ4v) is 4.27. The Morgan fingerprint density at radius 2 is 1.42 bits per heavy atom. The van der Waals surface area contributed by atoms with Crippen LogP contribution < -0.4 is 0 Å². The van der Waals surface area contributed by atoms with Gasteiger partial charge >= 0.3 is 6.18 Å². The summed E-state index contributed by atoms with van der Waals surface area (Å²) < 4.78 is 41.6. The van der Waals surface area contributed by atoms with Crippen molar-refractivity contribution in [2.75, 3.05) is 0 Å². The van der Waals surface area contributed by atoms with Crippen LogP contribution in [0, 0.1) is 0 Å². The molecule has 31 heavy (non-hydrogen) atoms. The van der Waals surface area contributed by atoms with E-state index in [0.29, 0.717) is 0 Å². The Morgan fingerprint density at radius 3 is 2.10 bits per heavy atom. The van der Waals surface area contributed by atoms with Crippen LogP contribution in [0.2, 0.25) is 0 Å². The van der Waals surface area contributed by atoms with E-state index in [1.807, 2.05) is 30.3 Å². The van der Waals surface area contributed by atoms with Crippen molar-refractivity contribution in [3.05, 3.63) is 90.1 Å². The molecule has 0 bridgehead atoms. The summed E-state index contributed by atoms with van der Waals surface area (Å²) in [6.07, 6.45) is 1.07. The van der Waals surface area contributed by atoms with E-state index in [-0.39, 0.29) is 0 Å². The summed E-state index contributed by atoms with van der Waals surface area (Å²) in [4.78, 5) is 0. The van der Waals surface area contributed by atoms with Crippen LogP contribution >= 0.6 is 0 Å². The molecule has 0 fully saturated rings. The highest BCUT2D eigenvalue weighted by molar-refractivity contribution is 5.99. The maximum absolute atomic E-state index is 13.1. The number of alkyl halides is 3. The summed E-state index contributed by atoms with van der Waals surface area (Å²) in [6, 6.07) is 23.9. The monoisotopic (exact) mass is 421 g/mol. The predicted octanol–water partition coefficient (Wildman–Crippen LogP) is 8.44. The van der Waals surface area contributed by atoms with Gasteiger partial charge in [-0.1, -0.05) is 74.7 Å². The second kappa shape index (κ2) is 9.01. The van der Waals surface area contributed by atoms with Gasteiger partial charge in [0.25, 0.3) is 0 Å². The highest BCUT2D eigenvalue weighted by Crippen LogP contribution is 2.39. The van der Waals surface area contributed by atoms with Crippen molar-refractivity contribution in [2.24, 2.45) is 0 Å². The van der Waals surface area contributed by atoms with Crippen molar-refractivity contribution in [1.29, 1.82) is 0 Å². The molecule has 0 aliphatic heterocycles. The van der Waals surface area contributed by atoms with Gasteiger partial charge in [0, 0.05) is 22.3 Å². The summed E-state index contributed by atoms with van der Waals surface area (Å²) in [7, 11) is 0. The minimum absolute atomic E-state index is 0.618. The average molecular weight is 422 g/mol. The largest absolute Gasteiger partial charge is 0.416 e. The Labute approximate surface area is 181 Å². The van der Waals surface area contributed by atoms with Gasteiger partial charge in [-0.2, -0.15) is 13.2 Å². The van der Waals surface area contributed by atoms with Gasteiger partial charge in [-0.05, 0) is 48.7 Å². The van der Waals surface area contributed by atoms with Gasteiger partial charge in [-0.15, -0.1) is 0 Å². The van der Waals surface area contributed by atoms with E-state index in [2.05, 4.69) is 35.8 Å². The van der Waals surface area contributed by atoms with Crippen LogP contribution in [0.15, 0.2) is 78.9 Å². The van der Waals surface area contributed by atoms with E-state index in [0.717, 1.165) is 59.1 Å². The van der Waals surface area contributed by atoms with E-state index in [9.17, 15) is 13.2 Å². The smallest absolute Gasteiger partial charge is 0.313 e. The van der Waals surface area contributed by atoms with E-state index in [4.69, 9.17) is 0 Å². The molecule has 1 aromatic heterocycles. The van der Waals surface area contributed by atoms with Gasteiger partial charge in [-0.3, -0.25) is 0 Å². The number of halogens is 3. The summed E-state index contributed by atoms with van der Waals surface area (Å²) >= 11 is 0. The number of hydrogen-bond donors (Lipinski definition) is 0. The lowest BCUT2D eigenvalue weighted by atomic mass is 9.98. The van der Waals surface area contributed by atoms with Crippen molar-refractivity contribution in [1.82, 2.24) is 4.57 Å². The molecule has 0 aliphatic carbocycles. The van der Waals surface area contributed by atoms with Crippen molar-refractivity contribution < 1.29 is 13.2 Å². The third-order valence-corrected chi connectivity index (χ3v) is 5.76. The summed E-state index contributed by atoms with van der Waals surface area (Å²) in [6.45, 7) is 2.19. The van der Waals surface area contributed by atoms with Crippen LogP contribution in [0.25, 0.3) is 27.7 Å². The van der Waals surface area contributed by atoms with Crippen LogP contribution in [0.4, 0.5) is 13.2 Å². The van der Waals surface area contributed by atoms with Gasteiger partial charge in [0.05, 0.1) is 11.1 Å². The first-order valence-corrected chi connectivity index (χ1v) is 10.9. The zero-order valence-electron chi connectivity index (χ0n) is 17.6. The van der Waals surface area contributed by atoms with Crippen LogP contribution in [0.3, 0.4) is 0 Å². The zero-order chi connectivity index (χ0) is 21.8. The average Bonchev–Trinajstić information content (AvgIpc) is 3.11. The Morgan fingerprint density at radius 1 is 0.742 bits per heavy atom. The fourth-order valence-electron chi connectivity index (χ4n) is 4.27. The first-order chi connectivity index (χ1) is 15.0. The highest BCUT2D eigenvalue weighted by atomic mass is 19.4. The topological polar surface area (TPSA) is 4.93 Å². The molecule has 4 heteroatoms. The van der Waals surface area contributed by atoms with Gasteiger partial charge < -0.3 is 4.57 Å². The number of nitrogens with zero attached hydrogens (tertiary/aromatic N) is 1. The number of para-hydroxylation sites is 2. The molecule has 1 nitrogen and oxygen atoms in total. The molecule has 0 saturated heterocycles. The van der Waals surface area contributed by atoms with Gasteiger partial charge in [0.1, 0.15) is 0 Å². The lowest BCUT2D eigenvalue weighted by Gasteiger charge is -2.13. The summed E-state index contributed by atoms with van der Waals surface area (Å²) in [5.74, 6) is 0. The van der Waals surface area contributed by atoms with Crippen molar-refractivity contribution in [3.63, 3.8) is 0 Å². The number of unbranched alkanes of at least 4 members (excludes halogenated alkanes) is 3. The third kappa shape index (κ3) is 4.39. The van der Waals surface area contributed by atoms with Crippen LogP contribution in [0.5, 0.6) is 0 Å². The Bertz CT molecular complexity index is 1140. The Kier molecular flexibility index (Phi) is 6.17. The molecular formula is C27H26F3N. The second-order valence-electron chi connectivity index (χ2n) is 7.90. The molecule has 1 heterocycles. The van der Waals surface area contributed by atoms with Crippen molar-refractivity contribution in [2.45, 2.75) is 45.2 Å². The molecule has 0 spiro atoms. The molecule has 0 saturated carbocycles. The van der Waals surface area contributed by atoms with Crippen LogP contribution in [0.1, 0.15) is 43.9 Å². The molecule has 4 rings (SSSR count). The molecule has 4 aromatic rings. The molecule has 0 atom stereocenters. The predicted molar refractivity (Wildman–Crippen MR) is 122 cm³/mol. The second-order valence-corrected chi connectivity index (χ2v) is 7.90. The van der Waals surface area contributed by atoms with Crippen molar-refractivity contribution in [3.8, 4) is 16.8 Å². The maximum atomic E-state index is 13.1. The minimum atomic E-state index is -4.33. The minimum Gasteiger partial charge on any atom is -0.313 e. The van der Waals surface area contributed by atoms with Gasteiger partial charge in [0.15, 0.2) is 0 Å². The number of rotatable bonds is 7. The normalized spacial score (nSPS) is 11.9. The molecule has 0 radical (unpaired) electrons. The summed E-state index contributed by atoms with van der Waals surface area (Å²) in [5.41, 5.74) is 4.54. The molecule has 3 aromatic carbocycles. The molecular weight excluding hydrogens is 395 g/mol. The highest BCUT2D eigenvalue weighted by Gasteiger charge is 2.30. The Hall–Kier alpha value is -3.01. The lowest BCUT2D eigenvalue weighted by Crippen LogP contribution is -2.04. The van der Waals surface area contributed by atoms with E-state index < -0.39 is 11.7 Å². The number of hydrogen-bond acceptors (Lipinski definition) is 0.